The molecule has 6 nitrogen and oxygen atoms in total. The summed E-state index contributed by atoms with van der Waals surface area (Å²) in [6.45, 7) is 6.48. The van der Waals surface area contributed by atoms with Gasteiger partial charge in [0.25, 0.3) is 5.91 Å². The van der Waals surface area contributed by atoms with Crippen LogP contribution < -0.4 is 5.32 Å². The van der Waals surface area contributed by atoms with Crippen molar-refractivity contribution in [2.24, 2.45) is 5.92 Å². The molecule has 6 heteroatoms. The van der Waals surface area contributed by atoms with E-state index in [4.69, 9.17) is 9.52 Å². The summed E-state index contributed by atoms with van der Waals surface area (Å²) in [6, 6.07) is -0.482. The van der Waals surface area contributed by atoms with Crippen molar-refractivity contribution in [3.63, 3.8) is 0 Å². The van der Waals surface area contributed by atoms with E-state index in [2.05, 4.69) is 10.3 Å². The number of rotatable bonds is 4. The van der Waals surface area contributed by atoms with Crippen molar-refractivity contribution in [1.82, 2.24) is 10.3 Å². The molecule has 94 valence electrons. The Kier molecular flexibility index (Phi) is 3.88. The number of carbonyl (C=O) groups excluding carboxylic acids is 1. The fraction of sp³-hybridized carbons (Fsp3) is 0.545. The lowest BCUT2D eigenvalue weighted by Gasteiger charge is -2.16. The highest BCUT2D eigenvalue weighted by Gasteiger charge is 2.24. The highest BCUT2D eigenvalue weighted by molar-refractivity contribution is 5.92. The highest BCUT2D eigenvalue weighted by atomic mass is 16.4. The SMILES string of the molecule is Cc1nc(C)c(C(=O)NC(C)C(C)C(=O)O)o1. The minimum atomic E-state index is -0.955. The first-order chi connectivity index (χ1) is 7.82. The molecule has 17 heavy (non-hydrogen) atoms. The van der Waals surface area contributed by atoms with Crippen molar-refractivity contribution < 1.29 is 19.1 Å². The molecule has 0 radical (unpaired) electrons. The number of carbonyl (C=O) groups is 2. The molecular weight excluding hydrogens is 224 g/mol. The zero-order valence-electron chi connectivity index (χ0n) is 10.3. The zero-order chi connectivity index (χ0) is 13.2. The molecule has 1 rings (SSSR count). The van der Waals surface area contributed by atoms with Gasteiger partial charge < -0.3 is 14.8 Å². The Morgan fingerprint density at radius 1 is 1.35 bits per heavy atom. The Hall–Kier alpha value is -1.85. The second kappa shape index (κ2) is 4.99. The number of amides is 1. The third kappa shape index (κ3) is 3.05. The number of carboxylic acid groups (broad SMARTS) is 1. The number of oxazole rings is 1. The molecule has 1 heterocycles. The molecule has 0 aliphatic rings. The van der Waals surface area contributed by atoms with Gasteiger partial charge in [0.15, 0.2) is 5.89 Å². The lowest BCUT2D eigenvalue weighted by atomic mass is 10.0. The molecule has 0 fully saturated rings. The Labute approximate surface area is 99.0 Å². The topological polar surface area (TPSA) is 92.4 Å². The fourth-order valence-electron chi connectivity index (χ4n) is 1.35. The maximum absolute atomic E-state index is 11.8. The summed E-state index contributed by atoms with van der Waals surface area (Å²) in [4.78, 5) is 26.5. The van der Waals surface area contributed by atoms with Crippen molar-refractivity contribution in [2.75, 3.05) is 0 Å². The number of aryl methyl sites for hydroxylation is 2. The summed E-state index contributed by atoms with van der Waals surface area (Å²) in [5, 5.41) is 11.4. The maximum atomic E-state index is 11.8. The van der Waals surface area contributed by atoms with E-state index in [1.54, 1.807) is 20.8 Å². The number of carboxylic acids is 1. The van der Waals surface area contributed by atoms with E-state index < -0.39 is 23.8 Å². The molecule has 2 atom stereocenters. The first-order valence-corrected chi connectivity index (χ1v) is 5.30. The lowest BCUT2D eigenvalue weighted by molar-refractivity contribution is -0.141. The quantitative estimate of drug-likeness (QED) is 0.823. The minimum Gasteiger partial charge on any atom is -0.481 e. The van der Waals surface area contributed by atoms with E-state index in [0.29, 0.717) is 11.6 Å². The number of nitrogens with zero attached hydrogens (tertiary/aromatic N) is 1. The molecule has 0 aliphatic heterocycles. The molecule has 0 saturated heterocycles. The number of aliphatic carboxylic acids is 1. The summed E-state index contributed by atoms with van der Waals surface area (Å²) < 4.78 is 5.15. The van der Waals surface area contributed by atoms with Gasteiger partial charge in [-0.2, -0.15) is 0 Å². The normalized spacial score (nSPS) is 14.1. The van der Waals surface area contributed by atoms with Gasteiger partial charge in [0.05, 0.1) is 11.6 Å². The van der Waals surface area contributed by atoms with Crippen molar-refractivity contribution >= 4 is 11.9 Å². The van der Waals surface area contributed by atoms with Gasteiger partial charge in [-0.05, 0) is 20.8 Å². The van der Waals surface area contributed by atoms with Gasteiger partial charge in [0.2, 0.25) is 5.76 Å². The van der Waals surface area contributed by atoms with Crippen molar-refractivity contribution in [1.29, 1.82) is 0 Å². The molecule has 0 saturated carbocycles. The number of hydrogen-bond acceptors (Lipinski definition) is 4. The standard InChI is InChI=1S/C11H16N2O4/c1-5(11(15)16)6(2)13-10(14)9-7(3)12-8(4)17-9/h5-6H,1-4H3,(H,13,14)(H,15,16). The Morgan fingerprint density at radius 3 is 2.35 bits per heavy atom. The average molecular weight is 240 g/mol. The summed E-state index contributed by atoms with van der Waals surface area (Å²) in [6.07, 6.45) is 0. The first kappa shape index (κ1) is 13.2. The van der Waals surface area contributed by atoms with Gasteiger partial charge in [-0.1, -0.05) is 0 Å². The van der Waals surface area contributed by atoms with E-state index in [0.717, 1.165) is 0 Å². The smallest absolute Gasteiger partial charge is 0.308 e. The third-order valence-electron chi connectivity index (χ3n) is 2.61. The maximum Gasteiger partial charge on any atom is 0.308 e. The van der Waals surface area contributed by atoms with Crippen LogP contribution in [0.3, 0.4) is 0 Å². The Bertz CT molecular complexity index is 439. The van der Waals surface area contributed by atoms with Gasteiger partial charge in [0, 0.05) is 13.0 Å². The van der Waals surface area contributed by atoms with Crippen LogP contribution in [0.15, 0.2) is 4.42 Å². The summed E-state index contributed by atoms with van der Waals surface area (Å²) in [5.74, 6) is -1.52. The summed E-state index contributed by atoms with van der Waals surface area (Å²) >= 11 is 0. The van der Waals surface area contributed by atoms with Crippen LogP contribution in [0.4, 0.5) is 0 Å². The van der Waals surface area contributed by atoms with E-state index >= 15 is 0 Å². The average Bonchev–Trinajstić information content (AvgIpc) is 2.56. The monoisotopic (exact) mass is 240 g/mol. The minimum absolute atomic E-state index is 0.131. The molecule has 1 aromatic rings. The largest absolute Gasteiger partial charge is 0.481 e. The summed E-state index contributed by atoms with van der Waals surface area (Å²) in [7, 11) is 0. The molecule has 1 aromatic heterocycles. The first-order valence-electron chi connectivity index (χ1n) is 5.30. The molecule has 1 amide bonds. The molecule has 0 spiro atoms. The highest BCUT2D eigenvalue weighted by Crippen LogP contribution is 2.10. The van der Waals surface area contributed by atoms with Crippen LogP contribution in [-0.4, -0.2) is 28.0 Å². The molecular formula is C11H16N2O4. The van der Waals surface area contributed by atoms with Crippen LogP contribution in [0.5, 0.6) is 0 Å². The summed E-state index contributed by atoms with van der Waals surface area (Å²) in [5.41, 5.74) is 0.496. The predicted octanol–water partition coefficient (Wildman–Crippen LogP) is 1.13. The van der Waals surface area contributed by atoms with Crippen molar-refractivity contribution in [2.45, 2.75) is 33.7 Å². The number of nitrogens with one attached hydrogen (secondary N) is 1. The van der Waals surface area contributed by atoms with Gasteiger partial charge in [-0.3, -0.25) is 9.59 Å². The van der Waals surface area contributed by atoms with Crippen LogP contribution in [-0.2, 0) is 4.79 Å². The van der Waals surface area contributed by atoms with E-state index in [9.17, 15) is 9.59 Å². The second-order valence-electron chi connectivity index (χ2n) is 4.04. The van der Waals surface area contributed by atoms with Crippen LogP contribution in [0.1, 0.15) is 36.0 Å². The Morgan fingerprint density at radius 2 is 1.94 bits per heavy atom. The van der Waals surface area contributed by atoms with E-state index in [-0.39, 0.29) is 5.76 Å². The zero-order valence-corrected chi connectivity index (χ0v) is 10.3. The molecule has 2 N–H and O–H groups in total. The van der Waals surface area contributed by atoms with Crippen LogP contribution in [0, 0.1) is 19.8 Å². The van der Waals surface area contributed by atoms with Gasteiger partial charge >= 0.3 is 5.97 Å². The number of hydrogen-bond donors (Lipinski definition) is 2. The van der Waals surface area contributed by atoms with Crippen molar-refractivity contribution in [3.8, 4) is 0 Å². The van der Waals surface area contributed by atoms with E-state index in [1.165, 1.54) is 6.92 Å². The lowest BCUT2D eigenvalue weighted by Crippen LogP contribution is -2.40. The fourth-order valence-corrected chi connectivity index (χ4v) is 1.35. The molecule has 0 bridgehead atoms. The van der Waals surface area contributed by atoms with Crippen LogP contribution in [0.2, 0.25) is 0 Å². The molecule has 2 unspecified atom stereocenters. The molecule has 0 aliphatic carbocycles. The Balaban J connectivity index is 2.73. The number of aromatic nitrogens is 1. The van der Waals surface area contributed by atoms with Gasteiger partial charge in [-0.15, -0.1) is 0 Å². The van der Waals surface area contributed by atoms with Gasteiger partial charge in [-0.25, -0.2) is 4.98 Å². The van der Waals surface area contributed by atoms with Crippen molar-refractivity contribution in [3.05, 3.63) is 17.3 Å². The van der Waals surface area contributed by atoms with Crippen LogP contribution in [0.25, 0.3) is 0 Å². The third-order valence-corrected chi connectivity index (χ3v) is 2.61. The second-order valence-corrected chi connectivity index (χ2v) is 4.04. The molecule has 0 aromatic carbocycles. The van der Waals surface area contributed by atoms with Crippen LogP contribution >= 0.6 is 0 Å². The van der Waals surface area contributed by atoms with E-state index in [1.807, 2.05) is 0 Å². The van der Waals surface area contributed by atoms with Gasteiger partial charge in [0.1, 0.15) is 0 Å². The predicted molar refractivity (Wildman–Crippen MR) is 59.7 cm³/mol.